The summed E-state index contributed by atoms with van der Waals surface area (Å²) in [5, 5.41) is 19.3. The molecular weight excluding hydrogens is 836 g/mol. The van der Waals surface area contributed by atoms with Gasteiger partial charge in [-0.3, -0.25) is 24.1 Å². The van der Waals surface area contributed by atoms with E-state index >= 15 is 0 Å². The molecular formula is C37H29Br3N4O6. The molecule has 0 bridgehead atoms. The van der Waals surface area contributed by atoms with Gasteiger partial charge in [0, 0.05) is 47.4 Å². The van der Waals surface area contributed by atoms with Gasteiger partial charge in [0.2, 0.25) is 11.8 Å². The van der Waals surface area contributed by atoms with Gasteiger partial charge in [-0.1, -0.05) is 11.6 Å². The number of allylic oxidation sites excluding steroid dienone is 6. The second-order valence-corrected chi connectivity index (χ2v) is 15.1. The fourth-order valence-electron chi connectivity index (χ4n) is 7.40. The number of nitrogens with zero attached hydrogens (tertiary/aromatic N) is 4. The third-order valence-corrected chi connectivity index (χ3v) is 12.5. The lowest BCUT2D eigenvalue weighted by Crippen LogP contribution is -2.39. The first-order chi connectivity index (χ1) is 23.9. The normalized spacial score (nSPS) is 23.1. The number of carbonyl (C=O) groups is 4. The van der Waals surface area contributed by atoms with Crippen molar-refractivity contribution in [3.05, 3.63) is 102 Å². The number of anilines is 2. The van der Waals surface area contributed by atoms with Gasteiger partial charge in [0.05, 0.1) is 45.0 Å². The van der Waals surface area contributed by atoms with Crippen molar-refractivity contribution >= 4 is 93.9 Å². The molecule has 10 nitrogen and oxygen atoms in total. The monoisotopic (exact) mass is 862 g/mol. The molecule has 1 heterocycles. The first-order valence-corrected chi connectivity index (χ1v) is 18.1. The highest BCUT2D eigenvalue weighted by atomic mass is 79.9. The number of azo groups is 1. The SMILES string of the molecule is COc1cc([C@H]2C3=CC[C@@H]4C(=O)N(c5ccc(N=Nc6ccc(N(C)C)cc6)cc5)C(=O)[C@@H]4[C@@H]3CC3=C2C(=O)C=C(Br)C3=O)c(Br)c(Br)c1O. The molecule has 0 saturated carbocycles. The van der Waals surface area contributed by atoms with E-state index in [9.17, 15) is 24.3 Å². The number of hydrogen-bond acceptors (Lipinski definition) is 9. The van der Waals surface area contributed by atoms with Crippen LogP contribution in [0.3, 0.4) is 0 Å². The summed E-state index contributed by atoms with van der Waals surface area (Å²) in [7, 11) is 5.34. The number of ketones is 2. The van der Waals surface area contributed by atoms with Gasteiger partial charge in [-0.2, -0.15) is 10.2 Å². The van der Waals surface area contributed by atoms with Crippen molar-refractivity contribution < 1.29 is 29.0 Å². The molecule has 3 aliphatic carbocycles. The summed E-state index contributed by atoms with van der Waals surface area (Å²) in [5.74, 6) is -3.96. The Kier molecular flexibility index (Phi) is 9.02. The zero-order valence-electron chi connectivity index (χ0n) is 27.0. The molecule has 1 saturated heterocycles. The van der Waals surface area contributed by atoms with Crippen LogP contribution in [0.4, 0.5) is 22.7 Å². The Morgan fingerprint density at radius 3 is 2.14 bits per heavy atom. The third-order valence-electron chi connectivity index (χ3n) is 9.79. The van der Waals surface area contributed by atoms with Crippen molar-refractivity contribution in [1.82, 2.24) is 0 Å². The smallest absolute Gasteiger partial charge is 0.238 e. The molecule has 7 rings (SSSR count). The van der Waals surface area contributed by atoms with Crippen LogP contribution in [0.25, 0.3) is 0 Å². The van der Waals surface area contributed by atoms with Gasteiger partial charge in [-0.15, -0.1) is 0 Å². The lowest BCUT2D eigenvalue weighted by molar-refractivity contribution is -0.123. The molecule has 3 aromatic rings. The Labute approximate surface area is 313 Å². The van der Waals surface area contributed by atoms with E-state index < -0.39 is 23.7 Å². The standard InChI is InChI=1S/C37H29Br3N4O6/c1-43(2)19-8-4-17(5-9-19)41-42-18-6-10-20(11-7-18)44-36(48)22-13-12-21-23(30(22)37(44)49)14-25-31(27(45)16-26(38)34(25)46)29(21)24-15-28(50-3)35(47)33(40)32(24)39/h4-12,15-16,22-23,29-30,47H,13-14H2,1-3H3/t22-,23+,29+,30-/m0/s1. The third kappa shape index (κ3) is 5.59. The highest BCUT2D eigenvalue weighted by Crippen LogP contribution is 2.58. The molecule has 1 fully saturated rings. The number of phenolic OH excluding ortho intramolecular Hbond substituents is 1. The van der Waals surface area contributed by atoms with Crippen LogP contribution in [0.5, 0.6) is 11.5 Å². The van der Waals surface area contributed by atoms with E-state index in [1.165, 1.54) is 18.1 Å². The summed E-state index contributed by atoms with van der Waals surface area (Å²) >= 11 is 10.3. The molecule has 0 unspecified atom stereocenters. The fraction of sp³-hybridized carbons (Fsp3) is 0.243. The highest BCUT2D eigenvalue weighted by molar-refractivity contribution is 9.13. The summed E-state index contributed by atoms with van der Waals surface area (Å²) in [6.07, 6.45) is 3.62. The fourth-order valence-corrected chi connectivity index (χ4v) is 8.80. The molecule has 4 aliphatic rings. The number of carbonyl (C=O) groups excluding carboxylic acids is 4. The Morgan fingerprint density at radius 2 is 1.52 bits per heavy atom. The van der Waals surface area contributed by atoms with Gasteiger partial charge >= 0.3 is 0 Å². The number of phenols is 1. The Bertz CT molecular complexity index is 2120. The molecule has 4 atom stereocenters. The maximum atomic E-state index is 14.3. The number of rotatable bonds is 6. The second-order valence-electron chi connectivity index (χ2n) is 12.7. The van der Waals surface area contributed by atoms with Gasteiger partial charge in [0.1, 0.15) is 0 Å². The predicted octanol–water partition coefficient (Wildman–Crippen LogP) is 8.37. The number of Topliss-reactive ketones (excluding diaryl/α,β-unsaturated/α-hetero) is 1. The minimum absolute atomic E-state index is 0.127. The van der Waals surface area contributed by atoms with Crippen LogP contribution < -0.4 is 14.5 Å². The maximum absolute atomic E-state index is 14.3. The number of amides is 2. The number of benzene rings is 3. The number of aromatic hydroxyl groups is 1. The van der Waals surface area contributed by atoms with Gasteiger partial charge in [0.25, 0.3) is 0 Å². The largest absolute Gasteiger partial charge is 0.503 e. The van der Waals surface area contributed by atoms with Crippen molar-refractivity contribution in [2.24, 2.45) is 28.0 Å². The molecule has 1 aliphatic heterocycles. The first kappa shape index (κ1) is 34.3. The molecule has 0 spiro atoms. The molecule has 254 valence electrons. The van der Waals surface area contributed by atoms with Crippen LogP contribution >= 0.6 is 47.8 Å². The minimum atomic E-state index is -0.752. The van der Waals surface area contributed by atoms with E-state index in [0.717, 1.165) is 11.3 Å². The van der Waals surface area contributed by atoms with Crippen molar-refractivity contribution in [2.75, 3.05) is 31.0 Å². The molecule has 13 heteroatoms. The molecule has 0 aromatic heterocycles. The number of imide groups is 1. The van der Waals surface area contributed by atoms with E-state index in [1.807, 2.05) is 49.3 Å². The van der Waals surface area contributed by atoms with Crippen LogP contribution in [0.2, 0.25) is 0 Å². The quantitative estimate of drug-likeness (QED) is 0.114. The van der Waals surface area contributed by atoms with Crippen LogP contribution in [0.1, 0.15) is 24.3 Å². The van der Waals surface area contributed by atoms with Crippen molar-refractivity contribution in [1.29, 1.82) is 0 Å². The van der Waals surface area contributed by atoms with Crippen LogP contribution in [-0.2, 0) is 19.2 Å². The zero-order chi connectivity index (χ0) is 35.6. The van der Waals surface area contributed by atoms with Crippen LogP contribution in [0, 0.1) is 17.8 Å². The lowest BCUT2D eigenvalue weighted by Gasteiger charge is -2.42. The average Bonchev–Trinajstić information content (AvgIpc) is 3.37. The summed E-state index contributed by atoms with van der Waals surface area (Å²) in [6.45, 7) is 0. The molecule has 1 N–H and O–H groups in total. The van der Waals surface area contributed by atoms with Crippen molar-refractivity contribution in [3.8, 4) is 11.5 Å². The molecule has 50 heavy (non-hydrogen) atoms. The van der Waals surface area contributed by atoms with E-state index in [4.69, 9.17) is 4.74 Å². The van der Waals surface area contributed by atoms with Crippen LogP contribution in [0.15, 0.2) is 107 Å². The summed E-state index contributed by atoms with van der Waals surface area (Å²) in [4.78, 5) is 58.7. The van der Waals surface area contributed by atoms with Crippen molar-refractivity contribution in [3.63, 3.8) is 0 Å². The van der Waals surface area contributed by atoms with E-state index in [0.29, 0.717) is 42.7 Å². The Hall–Kier alpha value is -4.20. The number of halogens is 3. The van der Waals surface area contributed by atoms with E-state index in [-0.39, 0.29) is 52.2 Å². The highest BCUT2D eigenvalue weighted by Gasteiger charge is 2.57. The van der Waals surface area contributed by atoms with E-state index in [2.05, 4.69) is 58.0 Å². The minimum Gasteiger partial charge on any atom is -0.503 e. The summed E-state index contributed by atoms with van der Waals surface area (Å²) in [6, 6.07) is 16.0. The van der Waals surface area contributed by atoms with Gasteiger partial charge < -0.3 is 14.7 Å². The van der Waals surface area contributed by atoms with Crippen LogP contribution in [-0.4, -0.2) is 49.7 Å². The number of methoxy groups -OCH3 is 1. The zero-order valence-corrected chi connectivity index (χ0v) is 31.7. The van der Waals surface area contributed by atoms with Crippen molar-refractivity contribution in [2.45, 2.75) is 18.8 Å². The molecule has 0 radical (unpaired) electrons. The Morgan fingerprint density at radius 1 is 0.880 bits per heavy atom. The molecule has 3 aromatic carbocycles. The van der Waals surface area contributed by atoms with Gasteiger partial charge in [-0.05, 0) is 127 Å². The maximum Gasteiger partial charge on any atom is 0.238 e. The number of ether oxygens (including phenoxy) is 1. The van der Waals surface area contributed by atoms with E-state index in [1.54, 1.807) is 30.3 Å². The Balaban J connectivity index is 1.23. The van der Waals surface area contributed by atoms with Gasteiger partial charge in [-0.25, -0.2) is 0 Å². The predicted molar refractivity (Wildman–Crippen MR) is 199 cm³/mol. The first-order valence-electron chi connectivity index (χ1n) is 15.7. The summed E-state index contributed by atoms with van der Waals surface area (Å²) < 4.78 is 6.38. The lowest BCUT2D eigenvalue weighted by atomic mass is 9.59. The topological polar surface area (TPSA) is 129 Å². The summed E-state index contributed by atoms with van der Waals surface area (Å²) in [5.41, 5.74) is 4.67. The van der Waals surface area contributed by atoms with Gasteiger partial charge in [0.15, 0.2) is 23.1 Å². The number of hydrogen-bond donors (Lipinski definition) is 1. The molecule has 2 amide bonds. The number of fused-ring (bicyclic) bond motifs is 3. The average molecular weight is 865 g/mol. The second kappa shape index (κ2) is 13.2.